The fraction of sp³-hybridized carbons (Fsp3) is 0.929. The maximum Gasteiger partial charge on any atom is 0.320 e. The van der Waals surface area contributed by atoms with Gasteiger partial charge in [0.05, 0.1) is 12.2 Å². The van der Waals surface area contributed by atoms with Crippen LogP contribution in [0, 0.1) is 0 Å². The molecule has 0 spiro atoms. The molecule has 2 rings (SSSR count). The largest absolute Gasteiger partial charge is 0.480 e. The maximum atomic E-state index is 11.1. The first-order valence-electron chi connectivity index (χ1n) is 7.33. The lowest BCUT2D eigenvalue weighted by Crippen LogP contribution is -2.47. The number of carboxylic acid groups (broad SMARTS) is 1. The van der Waals surface area contributed by atoms with Gasteiger partial charge in [0.25, 0.3) is 0 Å². The highest BCUT2D eigenvalue weighted by Gasteiger charge is 2.30. The lowest BCUT2D eigenvalue weighted by molar-refractivity contribution is -0.145. The van der Waals surface area contributed by atoms with Crippen LogP contribution in [0.15, 0.2) is 0 Å². The van der Waals surface area contributed by atoms with Crippen LogP contribution >= 0.6 is 12.4 Å². The molecule has 19 heavy (non-hydrogen) atoms. The van der Waals surface area contributed by atoms with Gasteiger partial charge in [-0.3, -0.25) is 9.69 Å². The molecular formula is C14H26ClNO3. The van der Waals surface area contributed by atoms with E-state index in [0.717, 1.165) is 25.9 Å². The Balaban J connectivity index is 0.00000180. The molecule has 0 aromatic heterocycles. The van der Waals surface area contributed by atoms with E-state index in [4.69, 9.17) is 9.84 Å². The summed E-state index contributed by atoms with van der Waals surface area (Å²) in [7, 11) is 0. The normalized spacial score (nSPS) is 24.1. The number of carbonyl (C=O) groups is 1. The molecule has 1 atom stereocenters. The zero-order valence-electron chi connectivity index (χ0n) is 11.7. The maximum absolute atomic E-state index is 11.1. The highest BCUT2D eigenvalue weighted by molar-refractivity contribution is 5.85. The molecule has 4 nitrogen and oxygen atoms in total. The first-order chi connectivity index (χ1) is 8.70. The van der Waals surface area contributed by atoms with Gasteiger partial charge in [0.2, 0.25) is 0 Å². The van der Waals surface area contributed by atoms with E-state index in [0.29, 0.717) is 18.6 Å². The first-order valence-corrected chi connectivity index (χ1v) is 7.33. The number of aliphatic carboxylic acids is 1. The van der Waals surface area contributed by atoms with Crippen molar-refractivity contribution in [3.8, 4) is 0 Å². The first kappa shape index (κ1) is 16.7. The van der Waals surface area contributed by atoms with E-state index >= 15 is 0 Å². The van der Waals surface area contributed by atoms with Crippen LogP contribution in [0.25, 0.3) is 0 Å². The Morgan fingerprint density at radius 2 is 1.74 bits per heavy atom. The fourth-order valence-electron chi connectivity index (χ4n) is 3.21. The lowest BCUT2D eigenvalue weighted by Gasteiger charge is -2.36. The molecule has 5 heteroatoms. The number of piperidine rings is 1. The molecule has 0 radical (unpaired) electrons. The Labute approximate surface area is 121 Å². The quantitative estimate of drug-likeness (QED) is 0.846. The SMILES string of the molecule is CCC(C(=O)O)N1CCC(OC2CCCC2)CC1.Cl. The minimum absolute atomic E-state index is 0. The van der Waals surface area contributed by atoms with E-state index in [1.807, 2.05) is 6.92 Å². The van der Waals surface area contributed by atoms with Crippen molar-refractivity contribution in [3.05, 3.63) is 0 Å². The average Bonchev–Trinajstić information content (AvgIpc) is 2.84. The third-order valence-electron chi connectivity index (χ3n) is 4.28. The van der Waals surface area contributed by atoms with Crippen LogP contribution in [-0.2, 0) is 9.53 Å². The summed E-state index contributed by atoms with van der Waals surface area (Å²) in [6, 6.07) is -0.308. The molecule has 0 bridgehead atoms. The van der Waals surface area contributed by atoms with Gasteiger partial charge in [-0.2, -0.15) is 0 Å². The molecule has 2 fully saturated rings. The summed E-state index contributed by atoms with van der Waals surface area (Å²) in [4.78, 5) is 13.2. The Hall–Kier alpha value is -0.320. The fourth-order valence-corrected chi connectivity index (χ4v) is 3.21. The number of nitrogens with zero attached hydrogens (tertiary/aromatic N) is 1. The number of hydrogen-bond donors (Lipinski definition) is 1. The van der Waals surface area contributed by atoms with Crippen molar-refractivity contribution in [3.63, 3.8) is 0 Å². The number of likely N-dealkylation sites (tertiary alicyclic amines) is 1. The Kier molecular flexibility index (Phi) is 7.11. The highest BCUT2D eigenvalue weighted by atomic mass is 35.5. The number of rotatable bonds is 5. The molecule has 1 unspecified atom stereocenters. The molecule has 112 valence electrons. The van der Waals surface area contributed by atoms with Crippen molar-refractivity contribution < 1.29 is 14.6 Å². The van der Waals surface area contributed by atoms with Crippen molar-refractivity contribution >= 4 is 18.4 Å². The average molecular weight is 292 g/mol. The molecule has 1 saturated carbocycles. The van der Waals surface area contributed by atoms with E-state index in [2.05, 4.69) is 4.90 Å². The predicted molar refractivity (Wildman–Crippen MR) is 76.9 cm³/mol. The van der Waals surface area contributed by atoms with Crippen LogP contribution in [0.1, 0.15) is 51.9 Å². The van der Waals surface area contributed by atoms with E-state index in [9.17, 15) is 4.79 Å². The van der Waals surface area contributed by atoms with Gasteiger partial charge in [-0.1, -0.05) is 19.8 Å². The summed E-state index contributed by atoms with van der Waals surface area (Å²) >= 11 is 0. The summed E-state index contributed by atoms with van der Waals surface area (Å²) in [5, 5.41) is 9.15. The van der Waals surface area contributed by atoms with Crippen LogP contribution in [0.4, 0.5) is 0 Å². The van der Waals surface area contributed by atoms with Crippen molar-refractivity contribution in [2.75, 3.05) is 13.1 Å². The second kappa shape index (κ2) is 8.08. The van der Waals surface area contributed by atoms with Gasteiger partial charge >= 0.3 is 5.97 Å². The summed E-state index contributed by atoms with van der Waals surface area (Å²) < 4.78 is 6.10. The highest BCUT2D eigenvalue weighted by Crippen LogP contribution is 2.26. The zero-order valence-corrected chi connectivity index (χ0v) is 12.5. The van der Waals surface area contributed by atoms with Gasteiger partial charge in [0.15, 0.2) is 0 Å². The minimum Gasteiger partial charge on any atom is -0.480 e. The number of hydrogen-bond acceptors (Lipinski definition) is 3. The number of halogens is 1. The Morgan fingerprint density at radius 1 is 1.21 bits per heavy atom. The Morgan fingerprint density at radius 3 is 2.21 bits per heavy atom. The molecule has 0 aromatic carbocycles. The predicted octanol–water partition coefficient (Wildman–Crippen LogP) is 2.70. The van der Waals surface area contributed by atoms with E-state index < -0.39 is 5.97 Å². The van der Waals surface area contributed by atoms with Crippen LogP contribution < -0.4 is 0 Å². The van der Waals surface area contributed by atoms with Crippen LogP contribution in [0.3, 0.4) is 0 Å². The van der Waals surface area contributed by atoms with Crippen LogP contribution in [0.5, 0.6) is 0 Å². The molecule has 0 aromatic rings. The van der Waals surface area contributed by atoms with Gasteiger partial charge in [-0.05, 0) is 32.1 Å². The van der Waals surface area contributed by atoms with E-state index in [1.54, 1.807) is 0 Å². The van der Waals surface area contributed by atoms with E-state index in [1.165, 1.54) is 25.7 Å². The molecule has 1 heterocycles. The topological polar surface area (TPSA) is 49.8 Å². The van der Waals surface area contributed by atoms with Crippen molar-refractivity contribution in [1.29, 1.82) is 0 Å². The van der Waals surface area contributed by atoms with Gasteiger partial charge in [0.1, 0.15) is 6.04 Å². The summed E-state index contributed by atoms with van der Waals surface area (Å²) in [5.41, 5.74) is 0. The molecule has 2 aliphatic rings. The second-order valence-corrected chi connectivity index (χ2v) is 5.54. The Bertz CT molecular complexity index is 274. The van der Waals surface area contributed by atoms with Gasteiger partial charge < -0.3 is 9.84 Å². The monoisotopic (exact) mass is 291 g/mol. The summed E-state index contributed by atoms with van der Waals surface area (Å²) in [5.74, 6) is -0.687. The van der Waals surface area contributed by atoms with E-state index in [-0.39, 0.29) is 18.4 Å². The van der Waals surface area contributed by atoms with Crippen molar-refractivity contribution in [2.24, 2.45) is 0 Å². The minimum atomic E-state index is -0.687. The standard InChI is InChI=1S/C14H25NO3.ClH/c1-2-13(14(16)17)15-9-7-12(8-10-15)18-11-5-3-4-6-11;/h11-13H,2-10H2,1H3,(H,16,17);1H. The number of ether oxygens (including phenoxy) is 1. The third-order valence-corrected chi connectivity index (χ3v) is 4.28. The van der Waals surface area contributed by atoms with Gasteiger partial charge in [0, 0.05) is 13.1 Å². The number of carboxylic acids is 1. The zero-order chi connectivity index (χ0) is 13.0. The van der Waals surface area contributed by atoms with Gasteiger partial charge in [-0.15, -0.1) is 12.4 Å². The molecule has 1 saturated heterocycles. The second-order valence-electron chi connectivity index (χ2n) is 5.54. The van der Waals surface area contributed by atoms with Crippen molar-refractivity contribution in [1.82, 2.24) is 4.90 Å². The molecule has 1 aliphatic carbocycles. The lowest BCUT2D eigenvalue weighted by atomic mass is 10.0. The van der Waals surface area contributed by atoms with Crippen LogP contribution in [0.2, 0.25) is 0 Å². The molecule has 1 N–H and O–H groups in total. The smallest absolute Gasteiger partial charge is 0.320 e. The van der Waals surface area contributed by atoms with Gasteiger partial charge in [-0.25, -0.2) is 0 Å². The third kappa shape index (κ3) is 4.62. The summed E-state index contributed by atoms with van der Waals surface area (Å²) in [6.45, 7) is 3.67. The molecule has 0 amide bonds. The summed E-state index contributed by atoms with van der Waals surface area (Å²) in [6.07, 6.45) is 8.53. The molecular weight excluding hydrogens is 266 g/mol. The molecule has 1 aliphatic heterocycles. The van der Waals surface area contributed by atoms with Crippen molar-refractivity contribution in [2.45, 2.75) is 70.1 Å². The van der Waals surface area contributed by atoms with Crippen LogP contribution in [-0.4, -0.2) is 47.3 Å².